The Hall–Kier alpha value is -2.63. The summed E-state index contributed by atoms with van der Waals surface area (Å²) in [5.74, 6) is 1.76. The van der Waals surface area contributed by atoms with Gasteiger partial charge in [0.15, 0.2) is 0 Å². The van der Waals surface area contributed by atoms with Crippen molar-refractivity contribution in [1.29, 1.82) is 0 Å². The lowest BCUT2D eigenvalue weighted by atomic mass is 9.73. The van der Waals surface area contributed by atoms with E-state index in [-0.39, 0.29) is 23.2 Å². The van der Waals surface area contributed by atoms with Gasteiger partial charge in [-0.05, 0) is 55.0 Å². The fourth-order valence-corrected chi connectivity index (χ4v) is 4.62. The first-order valence-electron chi connectivity index (χ1n) is 10.0. The van der Waals surface area contributed by atoms with E-state index in [0.29, 0.717) is 6.61 Å². The molecule has 2 aromatic rings. The molecule has 1 aliphatic heterocycles. The number of ether oxygens (including phenoxy) is 2. The van der Waals surface area contributed by atoms with Crippen LogP contribution >= 0.6 is 0 Å². The summed E-state index contributed by atoms with van der Waals surface area (Å²) >= 11 is 0. The predicted octanol–water partition coefficient (Wildman–Crippen LogP) is 3.73. The minimum absolute atomic E-state index is 0.0384. The van der Waals surface area contributed by atoms with E-state index < -0.39 is 0 Å². The van der Waals surface area contributed by atoms with Crippen LogP contribution in [0.15, 0.2) is 42.7 Å². The predicted molar refractivity (Wildman–Crippen MR) is 105 cm³/mol. The highest BCUT2D eigenvalue weighted by molar-refractivity contribution is 5.90. The van der Waals surface area contributed by atoms with Crippen LogP contribution in [0.1, 0.15) is 49.1 Å². The number of aromatic nitrogens is 2. The summed E-state index contributed by atoms with van der Waals surface area (Å²) in [5, 5.41) is 0. The molecule has 0 N–H and O–H groups in total. The molecule has 2 heterocycles. The Labute approximate surface area is 165 Å². The summed E-state index contributed by atoms with van der Waals surface area (Å²) in [4.78, 5) is 23.4. The molecule has 6 nitrogen and oxygen atoms in total. The molecule has 1 spiro atoms. The van der Waals surface area contributed by atoms with E-state index >= 15 is 0 Å². The summed E-state index contributed by atoms with van der Waals surface area (Å²) in [7, 11) is 1.65. The SMILES string of the molecule is COc1ccc(OCC2CC3(CCCCC3)CN2C(=O)c2ncccn2)cc1. The Kier molecular flexibility index (Phi) is 5.46. The van der Waals surface area contributed by atoms with Gasteiger partial charge >= 0.3 is 0 Å². The number of nitrogens with zero attached hydrogens (tertiary/aromatic N) is 3. The van der Waals surface area contributed by atoms with Crippen LogP contribution in [0.4, 0.5) is 0 Å². The average Bonchev–Trinajstić information content (AvgIpc) is 3.10. The van der Waals surface area contributed by atoms with E-state index in [1.165, 1.54) is 32.1 Å². The maximum atomic E-state index is 13.1. The second-order valence-corrected chi connectivity index (χ2v) is 7.91. The third-order valence-corrected chi connectivity index (χ3v) is 6.05. The topological polar surface area (TPSA) is 64.6 Å². The third kappa shape index (κ3) is 3.96. The largest absolute Gasteiger partial charge is 0.497 e. The molecule has 1 aromatic carbocycles. The molecule has 1 unspecified atom stereocenters. The summed E-state index contributed by atoms with van der Waals surface area (Å²) in [6, 6.07) is 9.33. The van der Waals surface area contributed by atoms with Gasteiger partial charge in [0.1, 0.15) is 18.1 Å². The minimum Gasteiger partial charge on any atom is -0.497 e. The number of amides is 1. The smallest absolute Gasteiger partial charge is 0.292 e. The van der Waals surface area contributed by atoms with E-state index in [0.717, 1.165) is 24.5 Å². The van der Waals surface area contributed by atoms with Crippen molar-refractivity contribution in [3.05, 3.63) is 48.5 Å². The Morgan fingerprint density at radius 2 is 1.79 bits per heavy atom. The first-order valence-corrected chi connectivity index (χ1v) is 10.0. The van der Waals surface area contributed by atoms with Crippen molar-refractivity contribution in [2.24, 2.45) is 5.41 Å². The number of methoxy groups -OCH3 is 1. The molecule has 148 valence electrons. The molecular weight excluding hydrogens is 354 g/mol. The van der Waals surface area contributed by atoms with Crippen molar-refractivity contribution < 1.29 is 14.3 Å². The van der Waals surface area contributed by atoms with Crippen LogP contribution in [0.5, 0.6) is 11.5 Å². The van der Waals surface area contributed by atoms with E-state index in [9.17, 15) is 4.79 Å². The molecule has 1 aliphatic carbocycles. The zero-order valence-electron chi connectivity index (χ0n) is 16.3. The van der Waals surface area contributed by atoms with Crippen molar-refractivity contribution >= 4 is 5.91 Å². The highest BCUT2D eigenvalue weighted by atomic mass is 16.5. The number of hydrogen-bond acceptors (Lipinski definition) is 5. The third-order valence-electron chi connectivity index (χ3n) is 6.05. The van der Waals surface area contributed by atoms with Gasteiger partial charge in [-0.1, -0.05) is 19.3 Å². The number of carbonyl (C=O) groups excluding carboxylic acids is 1. The first kappa shape index (κ1) is 18.7. The lowest BCUT2D eigenvalue weighted by Crippen LogP contribution is -2.40. The molecule has 1 aromatic heterocycles. The van der Waals surface area contributed by atoms with Crippen LogP contribution in [0.2, 0.25) is 0 Å². The number of likely N-dealkylation sites (tertiary alicyclic amines) is 1. The Balaban J connectivity index is 1.50. The lowest BCUT2D eigenvalue weighted by Gasteiger charge is -2.32. The zero-order chi connectivity index (χ0) is 19.4. The lowest BCUT2D eigenvalue weighted by molar-refractivity contribution is 0.0661. The maximum absolute atomic E-state index is 13.1. The number of hydrogen-bond donors (Lipinski definition) is 0. The molecule has 1 atom stereocenters. The minimum atomic E-state index is -0.0913. The first-order chi connectivity index (χ1) is 13.7. The number of benzene rings is 1. The van der Waals surface area contributed by atoms with Gasteiger partial charge < -0.3 is 14.4 Å². The summed E-state index contributed by atoms with van der Waals surface area (Å²) in [5.41, 5.74) is 0.219. The van der Waals surface area contributed by atoms with Gasteiger partial charge in [0.05, 0.1) is 13.2 Å². The van der Waals surface area contributed by atoms with E-state index in [1.54, 1.807) is 25.6 Å². The zero-order valence-corrected chi connectivity index (χ0v) is 16.3. The second kappa shape index (κ2) is 8.17. The van der Waals surface area contributed by atoms with Crippen molar-refractivity contribution in [3.63, 3.8) is 0 Å². The molecule has 0 bridgehead atoms. The average molecular weight is 381 g/mol. The molecule has 28 heavy (non-hydrogen) atoms. The van der Waals surface area contributed by atoms with Gasteiger partial charge in [-0.15, -0.1) is 0 Å². The maximum Gasteiger partial charge on any atom is 0.292 e. The molecule has 1 saturated carbocycles. The fourth-order valence-electron chi connectivity index (χ4n) is 4.62. The molecule has 1 amide bonds. The summed E-state index contributed by atoms with van der Waals surface area (Å²) in [6.45, 7) is 1.26. The fraction of sp³-hybridized carbons (Fsp3) is 0.500. The molecule has 1 saturated heterocycles. The van der Waals surface area contributed by atoms with Gasteiger partial charge in [-0.2, -0.15) is 0 Å². The van der Waals surface area contributed by atoms with Crippen LogP contribution in [0.3, 0.4) is 0 Å². The van der Waals surface area contributed by atoms with Crippen LogP contribution < -0.4 is 9.47 Å². The standard InChI is InChI=1S/C22H27N3O3/c1-27-18-6-8-19(9-7-18)28-15-17-14-22(10-3-2-4-11-22)16-25(17)21(26)20-23-12-5-13-24-20/h5-9,12-13,17H,2-4,10-11,14-16H2,1H3. The van der Waals surface area contributed by atoms with Gasteiger partial charge in [0.2, 0.25) is 5.82 Å². The van der Waals surface area contributed by atoms with Crippen molar-refractivity contribution in [3.8, 4) is 11.5 Å². The number of carbonyl (C=O) groups is 1. The van der Waals surface area contributed by atoms with Crippen LogP contribution in [0, 0.1) is 5.41 Å². The van der Waals surface area contributed by atoms with E-state index in [1.807, 2.05) is 29.2 Å². The molecule has 6 heteroatoms. The molecular formula is C22H27N3O3. The normalized spacial score (nSPS) is 20.9. The van der Waals surface area contributed by atoms with Gasteiger partial charge in [0, 0.05) is 18.9 Å². The Bertz CT molecular complexity index is 788. The van der Waals surface area contributed by atoms with Crippen LogP contribution in [0.25, 0.3) is 0 Å². The molecule has 2 aliphatic rings. The van der Waals surface area contributed by atoms with Crippen molar-refractivity contribution in [2.45, 2.75) is 44.6 Å². The molecule has 2 fully saturated rings. The number of rotatable bonds is 5. The van der Waals surface area contributed by atoms with Crippen LogP contribution in [-0.2, 0) is 0 Å². The Morgan fingerprint density at radius 1 is 1.11 bits per heavy atom. The van der Waals surface area contributed by atoms with Crippen LogP contribution in [-0.4, -0.2) is 47.1 Å². The highest BCUT2D eigenvalue weighted by Crippen LogP contribution is 2.46. The summed E-state index contributed by atoms with van der Waals surface area (Å²) < 4.78 is 11.2. The summed E-state index contributed by atoms with van der Waals surface area (Å²) in [6.07, 6.45) is 10.4. The molecule has 4 rings (SSSR count). The Morgan fingerprint density at radius 3 is 2.46 bits per heavy atom. The van der Waals surface area contributed by atoms with Crippen molar-refractivity contribution in [1.82, 2.24) is 14.9 Å². The molecule has 0 radical (unpaired) electrons. The van der Waals surface area contributed by atoms with E-state index in [2.05, 4.69) is 9.97 Å². The van der Waals surface area contributed by atoms with Gasteiger partial charge in [0.25, 0.3) is 5.91 Å². The highest BCUT2D eigenvalue weighted by Gasteiger charge is 2.46. The van der Waals surface area contributed by atoms with Gasteiger partial charge in [-0.25, -0.2) is 9.97 Å². The van der Waals surface area contributed by atoms with Gasteiger partial charge in [-0.3, -0.25) is 4.79 Å². The quantitative estimate of drug-likeness (QED) is 0.790. The monoisotopic (exact) mass is 381 g/mol. The van der Waals surface area contributed by atoms with E-state index in [4.69, 9.17) is 9.47 Å². The second-order valence-electron chi connectivity index (χ2n) is 7.91. The van der Waals surface area contributed by atoms with Crippen molar-refractivity contribution in [2.75, 3.05) is 20.3 Å².